The van der Waals surface area contributed by atoms with Crippen LogP contribution in [0.4, 0.5) is 10.5 Å². The predicted octanol–water partition coefficient (Wildman–Crippen LogP) is 2.00. The number of rotatable bonds is 4. The molecule has 134 valence electrons. The van der Waals surface area contributed by atoms with Crippen LogP contribution in [0.25, 0.3) is 0 Å². The van der Waals surface area contributed by atoms with Crippen LogP contribution < -0.4 is 15.5 Å². The molecule has 26 heavy (non-hydrogen) atoms. The van der Waals surface area contributed by atoms with Crippen molar-refractivity contribution in [3.63, 3.8) is 0 Å². The molecule has 0 aliphatic carbocycles. The Morgan fingerprint density at radius 2 is 1.96 bits per heavy atom. The molecular weight excluding hydrogens is 332 g/mol. The van der Waals surface area contributed by atoms with Gasteiger partial charge in [0.1, 0.15) is 5.76 Å². The number of amides is 3. The molecule has 3 heterocycles. The Bertz CT molecular complexity index is 869. The minimum Gasteiger partial charge on any atom is -0.467 e. The maximum absolute atomic E-state index is 13.0. The second-order valence-corrected chi connectivity index (χ2v) is 6.65. The number of carbonyl (C=O) groups excluding carboxylic acids is 2. The van der Waals surface area contributed by atoms with E-state index >= 15 is 0 Å². The molecular formula is C19H20N4O3. The Kier molecular flexibility index (Phi) is 3.91. The summed E-state index contributed by atoms with van der Waals surface area (Å²) >= 11 is 0. The largest absolute Gasteiger partial charge is 0.467 e. The van der Waals surface area contributed by atoms with Crippen molar-refractivity contribution in [3.8, 4) is 0 Å². The van der Waals surface area contributed by atoms with Gasteiger partial charge in [-0.2, -0.15) is 0 Å². The summed E-state index contributed by atoms with van der Waals surface area (Å²) in [6, 6.07) is 10.7. The average Bonchev–Trinajstić information content (AvgIpc) is 3.23. The van der Waals surface area contributed by atoms with E-state index in [0.717, 1.165) is 11.3 Å². The molecule has 0 fully saturated rings. The third-order valence-electron chi connectivity index (χ3n) is 4.69. The summed E-state index contributed by atoms with van der Waals surface area (Å²) in [5.74, 6) is 0.620. The van der Waals surface area contributed by atoms with Gasteiger partial charge in [-0.3, -0.25) is 4.79 Å². The molecule has 7 nitrogen and oxygen atoms in total. The summed E-state index contributed by atoms with van der Waals surface area (Å²) in [5.41, 5.74) is 3.19. The van der Waals surface area contributed by atoms with Gasteiger partial charge in [0.05, 0.1) is 36.7 Å². The normalized spacial score (nSPS) is 19.3. The van der Waals surface area contributed by atoms with Gasteiger partial charge < -0.3 is 24.9 Å². The van der Waals surface area contributed by atoms with E-state index in [1.54, 1.807) is 17.2 Å². The van der Waals surface area contributed by atoms with Gasteiger partial charge in [-0.15, -0.1) is 0 Å². The summed E-state index contributed by atoms with van der Waals surface area (Å²) in [5, 5.41) is 5.65. The smallest absolute Gasteiger partial charge is 0.319 e. The number of hydrogen-bond acceptors (Lipinski definition) is 4. The number of nitrogens with one attached hydrogen (secondary N) is 2. The fraction of sp³-hybridized carbons (Fsp3) is 0.263. The summed E-state index contributed by atoms with van der Waals surface area (Å²) < 4.78 is 5.35. The van der Waals surface area contributed by atoms with E-state index in [0.29, 0.717) is 30.1 Å². The highest BCUT2D eigenvalue weighted by Crippen LogP contribution is 2.33. The van der Waals surface area contributed by atoms with E-state index in [-0.39, 0.29) is 11.9 Å². The SMILES string of the molecule is CN(C)c1ccc([C@@H]2NC(=O)NC3=C2C(=O)N(Cc2ccco2)C3)cc1. The molecule has 2 aromatic rings. The van der Waals surface area contributed by atoms with E-state index in [4.69, 9.17) is 4.42 Å². The molecule has 7 heteroatoms. The predicted molar refractivity (Wildman–Crippen MR) is 96.3 cm³/mol. The van der Waals surface area contributed by atoms with E-state index in [1.165, 1.54) is 0 Å². The van der Waals surface area contributed by atoms with Crippen LogP contribution >= 0.6 is 0 Å². The van der Waals surface area contributed by atoms with Crippen LogP contribution in [-0.2, 0) is 11.3 Å². The first-order valence-electron chi connectivity index (χ1n) is 8.42. The molecule has 4 rings (SSSR count). The quantitative estimate of drug-likeness (QED) is 0.882. The van der Waals surface area contributed by atoms with Gasteiger partial charge >= 0.3 is 6.03 Å². The Morgan fingerprint density at radius 3 is 2.62 bits per heavy atom. The lowest BCUT2D eigenvalue weighted by molar-refractivity contribution is -0.126. The first kappa shape index (κ1) is 16.3. The minimum absolute atomic E-state index is 0.0920. The van der Waals surface area contributed by atoms with Crippen molar-refractivity contribution in [2.24, 2.45) is 0 Å². The van der Waals surface area contributed by atoms with E-state index < -0.39 is 6.04 Å². The molecule has 0 saturated carbocycles. The van der Waals surface area contributed by atoms with Gasteiger partial charge in [-0.05, 0) is 29.8 Å². The fourth-order valence-corrected chi connectivity index (χ4v) is 3.36. The molecule has 0 saturated heterocycles. The standard InChI is InChI=1S/C19H20N4O3/c1-22(2)13-7-5-12(6-8-13)17-16-15(20-19(25)21-17)11-23(18(16)24)10-14-4-3-9-26-14/h3-9,17H,10-11H2,1-2H3,(H2,20,21,25)/t17-/m0/s1. The van der Waals surface area contributed by atoms with Crippen molar-refractivity contribution in [3.05, 3.63) is 65.3 Å². The van der Waals surface area contributed by atoms with Gasteiger partial charge in [-0.1, -0.05) is 12.1 Å². The van der Waals surface area contributed by atoms with Gasteiger partial charge in [0, 0.05) is 19.8 Å². The fourth-order valence-electron chi connectivity index (χ4n) is 3.36. The minimum atomic E-state index is -0.455. The van der Waals surface area contributed by atoms with Crippen LogP contribution in [0.5, 0.6) is 0 Å². The molecule has 3 amide bonds. The number of benzene rings is 1. The van der Waals surface area contributed by atoms with Gasteiger partial charge in [0.25, 0.3) is 5.91 Å². The van der Waals surface area contributed by atoms with Crippen LogP contribution in [0.15, 0.2) is 58.3 Å². The van der Waals surface area contributed by atoms with Crippen molar-refractivity contribution in [1.82, 2.24) is 15.5 Å². The summed E-state index contributed by atoms with van der Waals surface area (Å²) in [6.07, 6.45) is 1.58. The first-order chi connectivity index (χ1) is 12.5. The average molecular weight is 352 g/mol. The van der Waals surface area contributed by atoms with Crippen molar-refractivity contribution < 1.29 is 14.0 Å². The van der Waals surface area contributed by atoms with Crippen LogP contribution in [0.2, 0.25) is 0 Å². The second-order valence-electron chi connectivity index (χ2n) is 6.65. The first-order valence-corrected chi connectivity index (χ1v) is 8.42. The number of urea groups is 1. The number of furan rings is 1. The lowest BCUT2D eigenvalue weighted by Gasteiger charge is -2.26. The monoisotopic (exact) mass is 352 g/mol. The van der Waals surface area contributed by atoms with E-state index in [2.05, 4.69) is 10.6 Å². The molecule has 1 aromatic heterocycles. The van der Waals surface area contributed by atoms with Crippen molar-refractivity contribution >= 4 is 17.6 Å². The molecule has 1 atom stereocenters. The Morgan fingerprint density at radius 1 is 1.19 bits per heavy atom. The van der Waals surface area contributed by atoms with Crippen molar-refractivity contribution in [2.75, 3.05) is 25.5 Å². The summed E-state index contributed by atoms with van der Waals surface area (Å²) in [4.78, 5) is 28.7. The van der Waals surface area contributed by atoms with Gasteiger partial charge in [-0.25, -0.2) is 4.79 Å². The lowest BCUT2D eigenvalue weighted by atomic mass is 9.96. The Labute approximate surface area is 151 Å². The maximum atomic E-state index is 13.0. The van der Waals surface area contributed by atoms with Crippen LogP contribution in [0.3, 0.4) is 0 Å². The third-order valence-corrected chi connectivity index (χ3v) is 4.69. The molecule has 0 bridgehead atoms. The lowest BCUT2D eigenvalue weighted by Crippen LogP contribution is -2.44. The number of carbonyl (C=O) groups is 2. The third kappa shape index (κ3) is 2.81. The van der Waals surface area contributed by atoms with E-state index in [1.807, 2.05) is 49.3 Å². The van der Waals surface area contributed by atoms with Crippen LogP contribution in [0.1, 0.15) is 17.4 Å². The maximum Gasteiger partial charge on any atom is 0.319 e. The zero-order valence-corrected chi connectivity index (χ0v) is 14.7. The van der Waals surface area contributed by atoms with Gasteiger partial charge in [0.2, 0.25) is 0 Å². The molecule has 2 aliphatic heterocycles. The molecule has 1 aromatic carbocycles. The van der Waals surface area contributed by atoms with Crippen molar-refractivity contribution in [1.29, 1.82) is 0 Å². The Hall–Kier alpha value is -3.22. The molecule has 0 radical (unpaired) electrons. The van der Waals surface area contributed by atoms with Crippen LogP contribution in [0, 0.1) is 0 Å². The molecule has 0 unspecified atom stereocenters. The second kappa shape index (κ2) is 6.25. The topological polar surface area (TPSA) is 77.8 Å². The zero-order valence-electron chi connectivity index (χ0n) is 14.7. The molecule has 0 spiro atoms. The summed E-state index contributed by atoms with van der Waals surface area (Å²) in [7, 11) is 3.93. The number of nitrogens with zero attached hydrogens (tertiary/aromatic N) is 2. The molecule has 2 aliphatic rings. The highest BCUT2D eigenvalue weighted by Gasteiger charge is 2.40. The Balaban J connectivity index is 1.62. The molecule has 2 N–H and O–H groups in total. The summed E-state index contributed by atoms with van der Waals surface area (Å²) in [6.45, 7) is 0.746. The van der Waals surface area contributed by atoms with Crippen molar-refractivity contribution in [2.45, 2.75) is 12.6 Å². The highest BCUT2D eigenvalue weighted by atomic mass is 16.3. The zero-order chi connectivity index (χ0) is 18.3. The van der Waals surface area contributed by atoms with Gasteiger partial charge in [0.15, 0.2) is 0 Å². The number of anilines is 1. The number of hydrogen-bond donors (Lipinski definition) is 2. The van der Waals surface area contributed by atoms with Crippen LogP contribution in [-0.4, -0.2) is 37.5 Å². The van der Waals surface area contributed by atoms with E-state index in [9.17, 15) is 9.59 Å². The highest BCUT2D eigenvalue weighted by molar-refractivity contribution is 6.01.